The number of hydrogen-bond acceptors (Lipinski definition) is 3. The summed E-state index contributed by atoms with van der Waals surface area (Å²) in [6.45, 7) is 1.75. The Morgan fingerprint density at radius 2 is 2.00 bits per heavy atom. The van der Waals surface area contributed by atoms with Gasteiger partial charge in [-0.1, -0.05) is 15.9 Å². The van der Waals surface area contributed by atoms with Gasteiger partial charge in [-0.3, -0.25) is 4.79 Å². The number of carbonyl (C=O) groups excluding carboxylic acids is 1. The molecule has 0 heterocycles. The molecule has 21 heavy (non-hydrogen) atoms. The largest absolute Gasteiger partial charge is 0.478 e. The summed E-state index contributed by atoms with van der Waals surface area (Å²) in [5, 5.41) is 9.02. The number of benzene rings is 1. The SMILES string of the molecule is CN(CCOCC1CC1)C(=O)c1cc(Br)cc(C(=O)O)c1. The molecule has 2 rings (SSSR count). The molecule has 6 heteroatoms. The van der Waals surface area contributed by atoms with E-state index in [9.17, 15) is 9.59 Å². The van der Waals surface area contributed by atoms with Gasteiger partial charge in [0.1, 0.15) is 0 Å². The van der Waals surface area contributed by atoms with Gasteiger partial charge in [0.25, 0.3) is 5.91 Å². The van der Waals surface area contributed by atoms with E-state index in [0.717, 1.165) is 6.61 Å². The highest BCUT2D eigenvalue weighted by atomic mass is 79.9. The first kappa shape index (κ1) is 16.0. The van der Waals surface area contributed by atoms with Gasteiger partial charge in [0.05, 0.1) is 12.2 Å². The molecule has 1 aliphatic rings. The zero-order valence-corrected chi connectivity index (χ0v) is 13.4. The molecule has 1 aromatic rings. The van der Waals surface area contributed by atoms with E-state index in [1.165, 1.54) is 25.0 Å². The van der Waals surface area contributed by atoms with Crippen molar-refractivity contribution in [2.24, 2.45) is 5.92 Å². The lowest BCUT2D eigenvalue weighted by Gasteiger charge is -2.17. The average Bonchev–Trinajstić information content (AvgIpc) is 3.26. The maximum Gasteiger partial charge on any atom is 0.335 e. The van der Waals surface area contributed by atoms with Crippen molar-refractivity contribution in [3.05, 3.63) is 33.8 Å². The first-order valence-corrected chi connectivity index (χ1v) is 7.64. The average molecular weight is 356 g/mol. The Bertz CT molecular complexity index is 542. The lowest BCUT2D eigenvalue weighted by molar-refractivity contribution is 0.0681. The maximum absolute atomic E-state index is 12.3. The molecule has 1 fully saturated rings. The number of hydrogen-bond donors (Lipinski definition) is 1. The molecule has 1 amide bonds. The highest BCUT2D eigenvalue weighted by Crippen LogP contribution is 2.28. The lowest BCUT2D eigenvalue weighted by atomic mass is 10.1. The molecular weight excluding hydrogens is 338 g/mol. The van der Waals surface area contributed by atoms with E-state index in [0.29, 0.717) is 29.1 Å². The number of carboxylic acids is 1. The fraction of sp³-hybridized carbons (Fsp3) is 0.467. The van der Waals surface area contributed by atoms with Gasteiger partial charge in [-0.2, -0.15) is 0 Å². The molecule has 114 valence electrons. The van der Waals surface area contributed by atoms with Gasteiger partial charge >= 0.3 is 5.97 Å². The Hall–Kier alpha value is -1.40. The van der Waals surface area contributed by atoms with E-state index in [1.54, 1.807) is 18.0 Å². The number of carbonyl (C=O) groups is 2. The van der Waals surface area contributed by atoms with Crippen molar-refractivity contribution in [3.8, 4) is 0 Å². The Morgan fingerprint density at radius 1 is 1.33 bits per heavy atom. The van der Waals surface area contributed by atoms with Crippen LogP contribution in [0.2, 0.25) is 0 Å². The van der Waals surface area contributed by atoms with Crippen LogP contribution in [0.5, 0.6) is 0 Å². The van der Waals surface area contributed by atoms with Crippen LogP contribution in [0, 0.1) is 5.92 Å². The van der Waals surface area contributed by atoms with Crippen LogP contribution in [-0.4, -0.2) is 48.7 Å². The Morgan fingerprint density at radius 3 is 2.62 bits per heavy atom. The number of aromatic carboxylic acids is 1. The number of amides is 1. The van der Waals surface area contributed by atoms with Crippen LogP contribution >= 0.6 is 15.9 Å². The third kappa shape index (κ3) is 4.82. The van der Waals surface area contributed by atoms with Crippen molar-refractivity contribution in [1.82, 2.24) is 4.90 Å². The quantitative estimate of drug-likeness (QED) is 0.763. The molecule has 1 aliphatic carbocycles. The standard InChI is InChI=1S/C15H18BrNO4/c1-17(4-5-21-9-10-2-3-10)14(18)11-6-12(15(19)20)8-13(16)7-11/h6-8,10H,2-5,9H2,1H3,(H,19,20). The zero-order chi connectivity index (χ0) is 15.4. The minimum Gasteiger partial charge on any atom is -0.478 e. The van der Waals surface area contributed by atoms with Crippen molar-refractivity contribution in [3.63, 3.8) is 0 Å². The molecule has 0 radical (unpaired) electrons. The number of rotatable bonds is 7. The third-order valence-corrected chi connectivity index (χ3v) is 3.82. The van der Waals surface area contributed by atoms with Gasteiger partial charge in [-0.25, -0.2) is 4.79 Å². The highest BCUT2D eigenvalue weighted by molar-refractivity contribution is 9.10. The van der Waals surface area contributed by atoms with Crippen LogP contribution in [0.25, 0.3) is 0 Å². The van der Waals surface area contributed by atoms with Crippen LogP contribution in [0.1, 0.15) is 33.6 Å². The normalized spacial score (nSPS) is 14.0. The molecular formula is C15H18BrNO4. The van der Waals surface area contributed by atoms with Crippen LogP contribution in [0.3, 0.4) is 0 Å². The first-order chi connectivity index (χ1) is 9.97. The van der Waals surface area contributed by atoms with Crippen molar-refractivity contribution >= 4 is 27.8 Å². The summed E-state index contributed by atoms with van der Waals surface area (Å²) in [5.74, 6) is -0.566. The fourth-order valence-corrected chi connectivity index (χ4v) is 2.39. The summed E-state index contributed by atoms with van der Waals surface area (Å²) >= 11 is 3.23. The maximum atomic E-state index is 12.3. The van der Waals surface area contributed by atoms with Gasteiger partial charge in [-0.15, -0.1) is 0 Å². The molecule has 0 bridgehead atoms. The van der Waals surface area contributed by atoms with E-state index in [4.69, 9.17) is 9.84 Å². The summed E-state index contributed by atoms with van der Waals surface area (Å²) in [7, 11) is 1.68. The predicted octanol–water partition coefficient (Wildman–Crippen LogP) is 2.65. The third-order valence-electron chi connectivity index (χ3n) is 3.36. The van der Waals surface area contributed by atoms with E-state index in [1.807, 2.05) is 0 Å². The van der Waals surface area contributed by atoms with Gasteiger partial charge in [-0.05, 0) is 37.0 Å². The zero-order valence-electron chi connectivity index (χ0n) is 11.8. The number of likely N-dealkylation sites (N-methyl/N-ethyl adjacent to an activating group) is 1. The van der Waals surface area contributed by atoms with Gasteiger partial charge in [0.2, 0.25) is 0 Å². The first-order valence-electron chi connectivity index (χ1n) is 6.84. The predicted molar refractivity (Wildman–Crippen MR) is 81.6 cm³/mol. The van der Waals surface area contributed by atoms with E-state index >= 15 is 0 Å². The molecule has 0 atom stereocenters. The molecule has 0 unspecified atom stereocenters. The molecule has 0 aromatic heterocycles. The minimum absolute atomic E-state index is 0.0890. The Balaban J connectivity index is 1.92. The fourth-order valence-electron chi connectivity index (χ4n) is 1.89. The number of carboxylic acid groups (broad SMARTS) is 1. The van der Waals surface area contributed by atoms with E-state index in [-0.39, 0.29) is 11.5 Å². The Kier molecular flexibility index (Phi) is 5.36. The molecule has 1 N–H and O–H groups in total. The van der Waals surface area contributed by atoms with E-state index < -0.39 is 5.97 Å². The number of halogens is 1. The van der Waals surface area contributed by atoms with Crippen molar-refractivity contribution in [1.29, 1.82) is 0 Å². The molecule has 0 spiro atoms. The van der Waals surface area contributed by atoms with Crippen molar-refractivity contribution < 1.29 is 19.4 Å². The van der Waals surface area contributed by atoms with E-state index in [2.05, 4.69) is 15.9 Å². The summed E-state index contributed by atoms with van der Waals surface area (Å²) in [4.78, 5) is 24.8. The minimum atomic E-state index is -1.05. The topological polar surface area (TPSA) is 66.8 Å². The monoisotopic (exact) mass is 355 g/mol. The highest BCUT2D eigenvalue weighted by Gasteiger charge is 2.21. The molecule has 5 nitrogen and oxygen atoms in total. The summed E-state index contributed by atoms with van der Waals surface area (Å²) < 4.78 is 6.08. The van der Waals surface area contributed by atoms with Gasteiger partial charge in [0.15, 0.2) is 0 Å². The Labute approximate surface area is 132 Å². The molecule has 0 saturated heterocycles. The second-order valence-electron chi connectivity index (χ2n) is 5.28. The summed E-state index contributed by atoms with van der Waals surface area (Å²) in [5.41, 5.74) is 0.442. The van der Waals surface area contributed by atoms with Crippen LogP contribution in [-0.2, 0) is 4.74 Å². The lowest BCUT2D eigenvalue weighted by Crippen LogP contribution is -2.30. The molecule has 1 aromatic carbocycles. The molecule has 0 aliphatic heterocycles. The van der Waals surface area contributed by atoms with Crippen LogP contribution in [0.15, 0.2) is 22.7 Å². The number of nitrogens with zero attached hydrogens (tertiary/aromatic N) is 1. The van der Waals surface area contributed by atoms with Gasteiger partial charge < -0.3 is 14.7 Å². The van der Waals surface area contributed by atoms with Gasteiger partial charge in [0, 0.05) is 30.2 Å². The summed E-state index contributed by atoms with van der Waals surface area (Å²) in [6, 6.07) is 4.48. The molecule has 1 saturated carbocycles. The second kappa shape index (κ2) is 7.04. The van der Waals surface area contributed by atoms with Crippen molar-refractivity contribution in [2.75, 3.05) is 26.8 Å². The van der Waals surface area contributed by atoms with Crippen LogP contribution < -0.4 is 0 Å². The smallest absolute Gasteiger partial charge is 0.335 e. The second-order valence-corrected chi connectivity index (χ2v) is 6.19. The summed E-state index contributed by atoms with van der Waals surface area (Å²) in [6.07, 6.45) is 2.48. The number of ether oxygens (including phenoxy) is 1. The van der Waals surface area contributed by atoms with Crippen molar-refractivity contribution in [2.45, 2.75) is 12.8 Å². The van der Waals surface area contributed by atoms with Crippen LogP contribution in [0.4, 0.5) is 0 Å².